The number of para-hydroxylation sites is 5. The maximum absolute atomic E-state index is 14.0. The number of nitrogens with zero attached hydrogens (tertiary/aromatic N) is 3. The largest absolute Gasteiger partial charge is 0.311 e. The summed E-state index contributed by atoms with van der Waals surface area (Å²) in [7, 11) is -6.65. The van der Waals surface area contributed by atoms with Crippen LogP contribution in [0.3, 0.4) is 0 Å². The van der Waals surface area contributed by atoms with Crippen molar-refractivity contribution in [3.05, 3.63) is 175 Å². The Balaban J connectivity index is 1.26. The van der Waals surface area contributed by atoms with Crippen LogP contribution in [-0.4, -0.2) is 21.5 Å². The molecule has 6 aromatic carbocycles. The summed E-state index contributed by atoms with van der Waals surface area (Å²) in [4.78, 5) is 9.58. The number of anilines is 6. The van der Waals surface area contributed by atoms with Crippen LogP contribution in [0.1, 0.15) is 25.0 Å². The Labute approximate surface area is 299 Å². The summed E-state index contributed by atoms with van der Waals surface area (Å²) in [6, 6.07) is 53.9. The highest BCUT2D eigenvalue weighted by molar-refractivity contribution is 7.91. The topological polar surface area (TPSA) is 53.5 Å². The Kier molecular flexibility index (Phi) is 6.27. The summed E-state index contributed by atoms with van der Waals surface area (Å²) in [6.45, 7) is 4.22. The van der Waals surface area contributed by atoms with Gasteiger partial charge in [0, 0.05) is 51.9 Å². The average molecular weight is 696 g/mol. The van der Waals surface area contributed by atoms with E-state index in [-0.39, 0.29) is 4.90 Å². The van der Waals surface area contributed by atoms with E-state index in [0.29, 0.717) is 4.90 Å². The number of benzene rings is 6. The lowest BCUT2D eigenvalue weighted by Crippen LogP contribution is -2.79. The molecule has 10 rings (SSSR count). The monoisotopic (exact) mass is 695 g/mol. The Bertz CT molecular complexity index is 2580. The smallest absolute Gasteiger partial charge is 0.208 e. The first-order chi connectivity index (χ1) is 24.8. The van der Waals surface area contributed by atoms with Gasteiger partial charge in [0.25, 0.3) is 0 Å². The first-order valence-electron chi connectivity index (χ1n) is 17.2. The van der Waals surface area contributed by atoms with Crippen LogP contribution in [0, 0.1) is 0 Å². The van der Waals surface area contributed by atoms with Gasteiger partial charge in [0.1, 0.15) is 0 Å². The molecule has 1 spiro atoms. The van der Waals surface area contributed by atoms with Gasteiger partial charge in [0.15, 0.2) is 8.07 Å². The van der Waals surface area contributed by atoms with Crippen molar-refractivity contribution in [3.8, 4) is 0 Å². The highest BCUT2D eigenvalue weighted by Crippen LogP contribution is 2.49. The molecule has 0 aliphatic carbocycles. The van der Waals surface area contributed by atoms with Crippen LogP contribution in [0.5, 0.6) is 0 Å². The molecule has 5 nitrogen and oxygen atoms in total. The molecule has 0 unspecified atom stereocenters. The van der Waals surface area contributed by atoms with Crippen molar-refractivity contribution < 1.29 is 8.42 Å². The molecule has 0 atom stereocenters. The maximum Gasteiger partial charge on any atom is 0.208 e. The lowest BCUT2D eigenvalue weighted by molar-refractivity contribution is 0.554. The van der Waals surface area contributed by atoms with Crippen LogP contribution in [-0.2, 0) is 15.3 Å². The van der Waals surface area contributed by atoms with E-state index in [1.165, 1.54) is 38.3 Å². The van der Waals surface area contributed by atoms with E-state index in [1.807, 2.05) is 12.1 Å². The van der Waals surface area contributed by atoms with Crippen LogP contribution in [0.15, 0.2) is 174 Å². The summed E-state index contributed by atoms with van der Waals surface area (Å²) in [5.74, 6) is 0. The molecule has 0 amide bonds. The lowest BCUT2D eigenvalue weighted by atomic mass is 9.78. The summed E-state index contributed by atoms with van der Waals surface area (Å²) >= 11 is 0. The Morgan fingerprint density at radius 2 is 0.980 bits per heavy atom. The van der Waals surface area contributed by atoms with Crippen LogP contribution >= 0.6 is 0 Å². The van der Waals surface area contributed by atoms with Crippen molar-refractivity contribution in [3.63, 3.8) is 0 Å². The maximum atomic E-state index is 14.0. The first-order valence-corrected chi connectivity index (χ1v) is 20.7. The zero-order valence-corrected chi connectivity index (χ0v) is 30.0. The fourth-order valence-corrected chi connectivity index (χ4v) is 16.3. The fraction of sp³-hybridized carbons (Fsp3) is 0.0682. The van der Waals surface area contributed by atoms with Crippen molar-refractivity contribution in [2.24, 2.45) is 0 Å². The van der Waals surface area contributed by atoms with Gasteiger partial charge in [-0.3, -0.25) is 4.98 Å². The highest BCUT2D eigenvalue weighted by Gasteiger charge is 2.54. The summed E-state index contributed by atoms with van der Waals surface area (Å²) in [5, 5.41) is 5.29. The van der Waals surface area contributed by atoms with E-state index in [1.54, 1.807) is 12.3 Å². The molecule has 0 N–H and O–H groups in total. The van der Waals surface area contributed by atoms with Crippen molar-refractivity contribution in [1.82, 2.24) is 4.98 Å². The number of hydrogen-bond acceptors (Lipinski definition) is 5. The molecular weight excluding hydrogens is 663 g/mol. The van der Waals surface area contributed by atoms with Gasteiger partial charge in [-0.15, -0.1) is 0 Å². The minimum atomic E-state index is -3.74. The molecule has 4 heterocycles. The van der Waals surface area contributed by atoms with Crippen LogP contribution in [0.4, 0.5) is 34.1 Å². The molecule has 0 fully saturated rings. The Hall–Kier alpha value is -5.76. The molecule has 0 saturated heterocycles. The molecule has 7 heteroatoms. The molecule has 0 bridgehead atoms. The minimum Gasteiger partial charge on any atom is -0.311 e. The lowest BCUT2D eigenvalue weighted by Gasteiger charge is -2.50. The molecule has 3 aliphatic rings. The molecule has 246 valence electrons. The van der Waals surface area contributed by atoms with Crippen molar-refractivity contribution in [1.29, 1.82) is 0 Å². The SMILES string of the molecule is CC1(C)c2cc(N3c4ccccc4[Si]4(c5ccccc5N(c5ccccc5)c5ccccc54)c4ccccc43)ccc2S(=O)(=O)c2cnccc21. The second kappa shape index (κ2) is 10.6. The zero-order valence-electron chi connectivity index (χ0n) is 28.2. The summed E-state index contributed by atoms with van der Waals surface area (Å²) in [5.41, 5.74) is 7.68. The van der Waals surface area contributed by atoms with Gasteiger partial charge in [-0.2, -0.15) is 0 Å². The molecule has 0 saturated carbocycles. The minimum absolute atomic E-state index is 0.288. The van der Waals surface area contributed by atoms with Crippen LogP contribution < -0.4 is 30.5 Å². The van der Waals surface area contributed by atoms with Gasteiger partial charge in [0.2, 0.25) is 9.84 Å². The van der Waals surface area contributed by atoms with E-state index < -0.39 is 23.3 Å². The van der Waals surface area contributed by atoms with Gasteiger partial charge in [-0.1, -0.05) is 105 Å². The quantitative estimate of drug-likeness (QED) is 0.176. The van der Waals surface area contributed by atoms with E-state index >= 15 is 0 Å². The van der Waals surface area contributed by atoms with Crippen LogP contribution in [0.2, 0.25) is 0 Å². The van der Waals surface area contributed by atoms with Crippen molar-refractivity contribution in [2.75, 3.05) is 9.80 Å². The second-order valence-electron chi connectivity index (χ2n) is 14.0. The summed E-state index contributed by atoms with van der Waals surface area (Å²) in [6.07, 6.45) is 3.17. The van der Waals surface area contributed by atoms with Gasteiger partial charge >= 0.3 is 0 Å². The van der Waals surface area contributed by atoms with E-state index in [0.717, 1.165) is 33.9 Å². The zero-order chi connectivity index (χ0) is 34.5. The predicted molar refractivity (Wildman–Crippen MR) is 208 cm³/mol. The Morgan fingerprint density at radius 3 is 1.51 bits per heavy atom. The molecule has 3 aliphatic heterocycles. The van der Waals surface area contributed by atoms with Crippen molar-refractivity contribution >= 4 is 72.8 Å². The van der Waals surface area contributed by atoms with Crippen molar-refractivity contribution in [2.45, 2.75) is 29.1 Å². The number of pyridine rings is 1. The molecular formula is C44H33N3O2SSi. The molecule has 51 heavy (non-hydrogen) atoms. The molecule has 0 radical (unpaired) electrons. The second-order valence-corrected chi connectivity index (χ2v) is 19.5. The first kappa shape index (κ1) is 30.1. The number of aromatic nitrogens is 1. The fourth-order valence-electron chi connectivity index (χ4n) is 8.96. The highest BCUT2D eigenvalue weighted by atomic mass is 32.2. The number of fused-ring (bicyclic) bond motifs is 10. The van der Waals surface area contributed by atoms with E-state index in [9.17, 15) is 8.42 Å². The third-order valence-corrected chi connectivity index (χ3v) is 17.9. The van der Waals surface area contributed by atoms with Gasteiger partial charge in [-0.25, -0.2) is 8.42 Å². The molecule has 7 aromatic rings. The third kappa shape index (κ3) is 3.90. The number of rotatable bonds is 2. The normalized spacial score (nSPS) is 16.6. The standard InChI is InChI=1S/C44H33N3O2SSi/c1-44(2)32-26-27-45-29-39(32)50(48,49)38-25-24-31(28-33(38)44)47-36-18-8-12-22-42(36)51(43-23-13-9-19-37(43)47)40-20-10-6-16-34(40)46(30-14-4-3-5-15-30)35-17-7-11-21-41(35)51/h3-29H,1-2H3. The predicted octanol–water partition coefficient (Wildman–Crippen LogP) is 7.50. The number of hydrogen-bond donors (Lipinski definition) is 0. The van der Waals surface area contributed by atoms with E-state index in [2.05, 4.69) is 162 Å². The summed E-state index contributed by atoms with van der Waals surface area (Å²) < 4.78 is 28.0. The third-order valence-electron chi connectivity index (χ3n) is 11.1. The molecule has 1 aromatic heterocycles. The average Bonchev–Trinajstić information content (AvgIpc) is 3.17. The van der Waals surface area contributed by atoms with Gasteiger partial charge < -0.3 is 9.80 Å². The Morgan fingerprint density at radius 1 is 0.510 bits per heavy atom. The van der Waals surface area contributed by atoms with Gasteiger partial charge in [-0.05, 0) is 92.5 Å². The van der Waals surface area contributed by atoms with Crippen LogP contribution in [0.25, 0.3) is 0 Å². The van der Waals surface area contributed by atoms with Gasteiger partial charge in [0.05, 0.1) is 9.79 Å². The van der Waals surface area contributed by atoms with E-state index in [4.69, 9.17) is 0 Å². The number of sulfone groups is 1.